The lowest BCUT2D eigenvalue weighted by molar-refractivity contribution is -0.384. The predicted molar refractivity (Wildman–Crippen MR) is 97.5 cm³/mol. The summed E-state index contributed by atoms with van der Waals surface area (Å²) in [6.45, 7) is 3.66. The molecular formula is C18H20N4O5. The summed E-state index contributed by atoms with van der Waals surface area (Å²) in [5.41, 5.74) is 2.31. The Morgan fingerprint density at radius 3 is 2.67 bits per heavy atom. The lowest BCUT2D eigenvalue weighted by Gasteiger charge is -2.13. The molecule has 0 aliphatic carbocycles. The Balaban J connectivity index is 1.91. The van der Waals surface area contributed by atoms with Crippen LogP contribution in [0.3, 0.4) is 0 Å². The Labute approximate surface area is 155 Å². The highest BCUT2D eigenvalue weighted by atomic mass is 16.6. The molecule has 2 aromatic rings. The molecule has 0 unspecified atom stereocenters. The van der Waals surface area contributed by atoms with Crippen LogP contribution in [-0.2, 0) is 11.3 Å². The fraction of sp³-hybridized carbons (Fsp3) is 0.278. The Bertz CT molecular complexity index is 882. The van der Waals surface area contributed by atoms with Gasteiger partial charge in [0.1, 0.15) is 5.75 Å². The van der Waals surface area contributed by atoms with E-state index in [0.717, 1.165) is 17.2 Å². The summed E-state index contributed by atoms with van der Waals surface area (Å²) < 4.78 is 5.32. The van der Waals surface area contributed by atoms with Gasteiger partial charge in [0, 0.05) is 35.0 Å². The molecule has 1 aromatic carbocycles. The van der Waals surface area contributed by atoms with E-state index in [1.165, 1.54) is 18.2 Å². The minimum Gasteiger partial charge on any atom is -0.496 e. The maximum Gasteiger partial charge on any atom is 0.270 e. The number of pyridine rings is 1. The molecule has 0 atom stereocenters. The van der Waals surface area contributed by atoms with Crippen LogP contribution in [-0.4, -0.2) is 35.4 Å². The van der Waals surface area contributed by atoms with Gasteiger partial charge in [-0.25, -0.2) is 0 Å². The Morgan fingerprint density at radius 2 is 2.00 bits per heavy atom. The van der Waals surface area contributed by atoms with Crippen LogP contribution in [0, 0.1) is 24.0 Å². The second-order valence-electron chi connectivity index (χ2n) is 5.81. The number of aromatic nitrogens is 1. The first kappa shape index (κ1) is 19.8. The van der Waals surface area contributed by atoms with Gasteiger partial charge in [0.05, 0.1) is 30.8 Å². The molecule has 0 saturated carbocycles. The van der Waals surface area contributed by atoms with Gasteiger partial charge in [0.25, 0.3) is 11.6 Å². The number of carbonyl (C=O) groups excluding carboxylic acids is 2. The fourth-order valence-corrected chi connectivity index (χ4v) is 2.52. The molecule has 0 aliphatic rings. The molecule has 2 rings (SSSR count). The van der Waals surface area contributed by atoms with Crippen molar-refractivity contribution < 1.29 is 19.2 Å². The third-order valence-electron chi connectivity index (χ3n) is 3.93. The van der Waals surface area contributed by atoms with E-state index < -0.39 is 16.7 Å². The predicted octanol–water partition coefficient (Wildman–Crippen LogP) is 1.66. The van der Waals surface area contributed by atoms with Gasteiger partial charge in [-0.2, -0.15) is 0 Å². The van der Waals surface area contributed by atoms with Gasteiger partial charge >= 0.3 is 0 Å². The first-order valence-electron chi connectivity index (χ1n) is 8.12. The second kappa shape index (κ2) is 8.75. The van der Waals surface area contributed by atoms with E-state index in [-0.39, 0.29) is 24.3 Å². The van der Waals surface area contributed by atoms with E-state index in [9.17, 15) is 19.7 Å². The summed E-state index contributed by atoms with van der Waals surface area (Å²) in [7, 11) is 1.57. The standard InChI is InChI=1S/C18H20N4O5/c1-11-8-19-15(12(2)17(11)27-3)9-20-16(23)10-21-18(24)13-5-4-6-14(7-13)22(25)26/h4-8H,9-10H2,1-3H3,(H,20,23)(H,21,24). The number of nitro benzene ring substituents is 1. The first-order valence-corrected chi connectivity index (χ1v) is 8.12. The summed E-state index contributed by atoms with van der Waals surface area (Å²) in [5.74, 6) is -0.261. The van der Waals surface area contributed by atoms with Gasteiger partial charge in [0.2, 0.25) is 5.91 Å². The van der Waals surface area contributed by atoms with Crippen molar-refractivity contribution in [3.63, 3.8) is 0 Å². The number of nitrogens with zero attached hydrogens (tertiary/aromatic N) is 2. The smallest absolute Gasteiger partial charge is 0.270 e. The number of ether oxygens (including phenoxy) is 1. The maximum atomic E-state index is 12.0. The zero-order chi connectivity index (χ0) is 20.0. The molecule has 0 radical (unpaired) electrons. The van der Waals surface area contributed by atoms with Crippen molar-refractivity contribution >= 4 is 17.5 Å². The molecule has 0 aliphatic heterocycles. The zero-order valence-electron chi connectivity index (χ0n) is 15.2. The van der Waals surface area contributed by atoms with Crippen LogP contribution < -0.4 is 15.4 Å². The van der Waals surface area contributed by atoms with E-state index in [1.54, 1.807) is 13.3 Å². The molecule has 9 nitrogen and oxygen atoms in total. The van der Waals surface area contributed by atoms with Crippen LogP contribution in [0.5, 0.6) is 5.75 Å². The molecule has 1 aromatic heterocycles. The molecule has 0 bridgehead atoms. The molecule has 0 spiro atoms. The second-order valence-corrected chi connectivity index (χ2v) is 5.81. The number of hydrogen-bond donors (Lipinski definition) is 2. The van der Waals surface area contributed by atoms with Crippen molar-refractivity contribution in [3.8, 4) is 5.75 Å². The van der Waals surface area contributed by atoms with E-state index in [4.69, 9.17) is 4.74 Å². The summed E-state index contributed by atoms with van der Waals surface area (Å²) in [5, 5.41) is 15.8. The van der Waals surface area contributed by atoms with Gasteiger partial charge in [-0.1, -0.05) is 6.07 Å². The number of aryl methyl sites for hydroxylation is 1. The van der Waals surface area contributed by atoms with E-state index in [0.29, 0.717) is 11.4 Å². The Hall–Kier alpha value is -3.49. The molecular weight excluding hydrogens is 352 g/mol. The number of methoxy groups -OCH3 is 1. The number of benzene rings is 1. The van der Waals surface area contributed by atoms with Gasteiger partial charge in [0.15, 0.2) is 0 Å². The highest BCUT2D eigenvalue weighted by Crippen LogP contribution is 2.23. The average Bonchev–Trinajstić information content (AvgIpc) is 2.66. The van der Waals surface area contributed by atoms with Gasteiger partial charge in [-0.05, 0) is 19.9 Å². The fourth-order valence-electron chi connectivity index (χ4n) is 2.52. The third kappa shape index (κ3) is 5.00. The molecule has 0 saturated heterocycles. The van der Waals surface area contributed by atoms with Crippen molar-refractivity contribution in [2.45, 2.75) is 20.4 Å². The van der Waals surface area contributed by atoms with Crippen molar-refractivity contribution in [3.05, 3.63) is 63.0 Å². The number of amides is 2. The van der Waals surface area contributed by atoms with Gasteiger partial charge < -0.3 is 15.4 Å². The van der Waals surface area contributed by atoms with E-state index in [2.05, 4.69) is 15.6 Å². The molecule has 2 amide bonds. The highest BCUT2D eigenvalue weighted by Gasteiger charge is 2.13. The summed E-state index contributed by atoms with van der Waals surface area (Å²) in [6, 6.07) is 5.28. The van der Waals surface area contributed by atoms with Crippen molar-refractivity contribution in [2.24, 2.45) is 0 Å². The van der Waals surface area contributed by atoms with Crippen LogP contribution in [0.2, 0.25) is 0 Å². The summed E-state index contributed by atoms with van der Waals surface area (Å²) in [6.07, 6.45) is 1.66. The molecule has 2 N–H and O–H groups in total. The summed E-state index contributed by atoms with van der Waals surface area (Å²) in [4.78, 5) is 38.4. The lowest BCUT2D eigenvalue weighted by atomic mass is 10.1. The van der Waals surface area contributed by atoms with Crippen molar-refractivity contribution in [1.82, 2.24) is 15.6 Å². The molecule has 1 heterocycles. The molecule has 27 heavy (non-hydrogen) atoms. The van der Waals surface area contributed by atoms with Gasteiger partial charge in [-0.3, -0.25) is 24.7 Å². The lowest BCUT2D eigenvalue weighted by Crippen LogP contribution is -2.36. The zero-order valence-corrected chi connectivity index (χ0v) is 15.2. The monoisotopic (exact) mass is 372 g/mol. The Morgan fingerprint density at radius 1 is 1.26 bits per heavy atom. The van der Waals surface area contributed by atoms with Gasteiger partial charge in [-0.15, -0.1) is 0 Å². The average molecular weight is 372 g/mol. The number of nitrogens with one attached hydrogen (secondary N) is 2. The number of rotatable bonds is 7. The van der Waals surface area contributed by atoms with Crippen LogP contribution in [0.1, 0.15) is 27.2 Å². The SMILES string of the molecule is COc1c(C)cnc(CNC(=O)CNC(=O)c2cccc([N+](=O)[O-])c2)c1C. The third-order valence-corrected chi connectivity index (χ3v) is 3.93. The quantitative estimate of drug-likeness (QED) is 0.563. The largest absolute Gasteiger partial charge is 0.496 e. The van der Waals surface area contributed by atoms with Crippen LogP contribution >= 0.6 is 0 Å². The minimum atomic E-state index is -0.589. The van der Waals surface area contributed by atoms with Crippen LogP contribution in [0.25, 0.3) is 0 Å². The number of nitro groups is 1. The molecule has 142 valence electrons. The number of hydrogen-bond acceptors (Lipinski definition) is 6. The normalized spacial score (nSPS) is 10.2. The van der Waals surface area contributed by atoms with Crippen LogP contribution in [0.4, 0.5) is 5.69 Å². The van der Waals surface area contributed by atoms with E-state index in [1.807, 2.05) is 13.8 Å². The topological polar surface area (TPSA) is 123 Å². The maximum absolute atomic E-state index is 12.0. The summed E-state index contributed by atoms with van der Waals surface area (Å²) >= 11 is 0. The van der Waals surface area contributed by atoms with E-state index >= 15 is 0 Å². The minimum absolute atomic E-state index is 0.109. The first-order chi connectivity index (χ1) is 12.8. The number of non-ortho nitro benzene ring substituents is 1. The highest BCUT2D eigenvalue weighted by molar-refractivity contribution is 5.96. The van der Waals surface area contributed by atoms with Crippen molar-refractivity contribution in [2.75, 3.05) is 13.7 Å². The molecule has 9 heteroatoms. The molecule has 0 fully saturated rings. The number of carbonyl (C=O) groups is 2. The Kier molecular flexibility index (Phi) is 6.42. The van der Waals surface area contributed by atoms with Crippen molar-refractivity contribution in [1.29, 1.82) is 0 Å². The van der Waals surface area contributed by atoms with Crippen LogP contribution in [0.15, 0.2) is 30.5 Å².